The second-order valence-corrected chi connectivity index (χ2v) is 4.38. The molecule has 102 valence electrons. The van der Waals surface area contributed by atoms with Crippen molar-refractivity contribution in [1.82, 2.24) is 5.32 Å². The van der Waals surface area contributed by atoms with Gasteiger partial charge < -0.3 is 14.5 Å². The van der Waals surface area contributed by atoms with Crippen molar-refractivity contribution in [2.24, 2.45) is 0 Å². The molecule has 1 atom stereocenters. The zero-order chi connectivity index (χ0) is 13.4. The number of carbonyl (C=O) groups is 1. The van der Waals surface area contributed by atoms with Gasteiger partial charge in [0.2, 0.25) is 5.76 Å². The van der Waals surface area contributed by atoms with Crippen LogP contribution in [0.5, 0.6) is 0 Å². The van der Waals surface area contributed by atoms with Crippen LogP contribution < -0.4 is 5.32 Å². The first-order valence-electron chi connectivity index (χ1n) is 6.58. The lowest BCUT2D eigenvalue weighted by Gasteiger charge is -2.13. The molecule has 0 aliphatic rings. The molecular formula is C14H23NO3. The molecule has 4 heteroatoms. The molecule has 18 heavy (non-hydrogen) atoms. The van der Waals surface area contributed by atoms with Crippen LogP contribution in [0.1, 0.15) is 61.4 Å². The quantitative estimate of drug-likeness (QED) is 0.570. The van der Waals surface area contributed by atoms with Gasteiger partial charge in [0, 0.05) is 0 Å². The van der Waals surface area contributed by atoms with Gasteiger partial charge in [0.25, 0.3) is 0 Å². The summed E-state index contributed by atoms with van der Waals surface area (Å²) in [5.74, 6) is 0.637. The van der Waals surface area contributed by atoms with Crippen molar-refractivity contribution in [2.45, 2.75) is 45.1 Å². The third-order valence-corrected chi connectivity index (χ3v) is 3.05. The standard InChI is InChI=1S/C14H23NO3/c1-4-5-6-7-8-11(15-2)12-9-10-13(18-12)14(16)17-3/h9-11,15H,4-8H2,1-3H3. The summed E-state index contributed by atoms with van der Waals surface area (Å²) >= 11 is 0. The van der Waals surface area contributed by atoms with E-state index in [9.17, 15) is 4.79 Å². The summed E-state index contributed by atoms with van der Waals surface area (Å²) in [5, 5.41) is 3.22. The second kappa shape index (κ2) is 7.93. The van der Waals surface area contributed by atoms with Crippen molar-refractivity contribution >= 4 is 5.97 Å². The second-order valence-electron chi connectivity index (χ2n) is 4.38. The zero-order valence-electron chi connectivity index (χ0n) is 11.5. The van der Waals surface area contributed by atoms with Gasteiger partial charge in [0.15, 0.2) is 0 Å². The average molecular weight is 253 g/mol. The van der Waals surface area contributed by atoms with Gasteiger partial charge in [-0.2, -0.15) is 0 Å². The van der Waals surface area contributed by atoms with E-state index in [1.165, 1.54) is 26.4 Å². The molecule has 1 rings (SSSR count). The Kier molecular flexibility index (Phi) is 6.50. The van der Waals surface area contributed by atoms with Crippen LogP contribution in [0, 0.1) is 0 Å². The largest absolute Gasteiger partial charge is 0.463 e. The molecule has 0 aromatic carbocycles. The molecule has 0 aliphatic heterocycles. The van der Waals surface area contributed by atoms with Crippen molar-refractivity contribution in [3.63, 3.8) is 0 Å². The van der Waals surface area contributed by atoms with Crippen molar-refractivity contribution in [3.05, 3.63) is 23.7 Å². The van der Waals surface area contributed by atoms with Crippen molar-refractivity contribution in [1.29, 1.82) is 0 Å². The highest BCUT2D eigenvalue weighted by Crippen LogP contribution is 2.22. The molecule has 0 bridgehead atoms. The van der Waals surface area contributed by atoms with Gasteiger partial charge >= 0.3 is 5.97 Å². The molecule has 0 fully saturated rings. The molecule has 0 saturated heterocycles. The maximum Gasteiger partial charge on any atom is 0.373 e. The van der Waals surface area contributed by atoms with E-state index >= 15 is 0 Å². The molecule has 0 aliphatic carbocycles. The van der Waals surface area contributed by atoms with Crippen LogP contribution in [0.3, 0.4) is 0 Å². The van der Waals surface area contributed by atoms with E-state index in [0.29, 0.717) is 0 Å². The maximum absolute atomic E-state index is 11.3. The first-order valence-corrected chi connectivity index (χ1v) is 6.58. The van der Waals surface area contributed by atoms with Crippen LogP contribution in [0.25, 0.3) is 0 Å². The van der Waals surface area contributed by atoms with Gasteiger partial charge in [-0.25, -0.2) is 4.79 Å². The van der Waals surface area contributed by atoms with Crippen molar-refractivity contribution in [3.8, 4) is 0 Å². The van der Waals surface area contributed by atoms with E-state index in [1.54, 1.807) is 6.07 Å². The van der Waals surface area contributed by atoms with E-state index in [4.69, 9.17) is 4.42 Å². The van der Waals surface area contributed by atoms with E-state index in [0.717, 1.165) is 18.6 Å². The highest BCUT2D eigenvalue weighted by atomic mass is 16.5. The molecule has 1 aromatic heterocycles. The summed E-state index contributed by atoms with van der Waals surface area (Å²) in [7, 11) is 3.26. The fourth-order valence-corrected chi connectivity index (χ4v) is 1.95. The molecule has 0 amide bonds. The molecule has 0 saturated carbocycles. The minimum atomic E-state index is -0.429. The summed E-state index contributed by atoms with van der Waals surface area (Å²) in [5.41, 5.74) is 0. The lowest BCUT2D eigenvalue weighted by atomic mass is 10.1. The molecule has 4 nitrogen and oxygen atoms in total. The summed E-state index contributed by atoms with van der Waals surface area (Å²) in [6, 6.07) is 3.67. The Balaban J connectivity index is 2.53. The van der Waals surface area contributed by atoms with Crippen LogP contribution in [0.4, 0.5) is 0 Å². The van der Waals surface area contributed by atoms with Crippen LogP contribution in [0.2, 0.25) is 0 Å². The number of furan rings is 1. The Bertz CT molecular complexity index is 360. The first-order chi connectivity index (χ1) is 8.72. The summed E-state index contributed by atoms with van der Waals surface area (Å²) < 4.78 is 10.1. The summed E-state index contributed by atoms with van der Waals surface area (Å²) in [6.45, 7) is 2.20. The number of ether oxygens (including phenoxy) is 1. The normalized spacial score (nSPS) is 12.4. The molecule has 1 aromatic rings. The SMILES string of the molecule is CCCCCCC(NC)c1ccc(C(=O)OC)o1. The van der Waals surface area contributed by atoms with Crippen molar-refractivity contribution in [2.75, 3.05) is 14.2 Å². The van der Waals surface area contributed by atoms with Crippen LogP contribution in [0.15, 0.2) is 16.5 Å². The first kappa shape index (κ1) is 14.8. The lowest BCUT2D eigenvalue weighted by molar-refractivity contribution is 0.0562. The third kappa shape index (κ3) is 4.18. The number of hydrogen-bond acceptors (Lipinski definition) is 4. The number of unbranched alkanes of at least 4 members (excludes halogenated alkanes) is 3. The van der Waals surface area contributed by atoms with Crippen LogP contribution in [-0.4, -0.2) is 20.1 Å². The maximum atomic E-state index is 11.3. The van der Waals surface area contributed by atoms with Gasteiger partial charge in [-0.1, -0.05) is 32.6 Å². The predicted molar refractivity (Wildman–Crippen MR) is 70.6 cm³/mol. The van der Waals surface area contributed by atoms with Crippen LogP contribution >= 0.6 is 0 Å². The van der Waals surface area contributed by atoms with E-state index in [-0.39, 0.29) is 11.8 Å². The third-order valence-electron chi connectivity index (χ3n) is 3.05. The lowest BCUT2D eigenvalue weighted by Crippen LogP contribution is -2.15. The van der Waals surface area contributed by atoms with Gasteiger partial charge in [0.1, 0.15) is 5.76 Å². The number of hydrogen-bond donors (Lipinski definition) is 1. The van der Waals surface area contributed by atoms with E-state index < -0.39 is 5.97 Å². The van der Waals surface area contributed by atoms with Gasteiger partial charge in [-0.3, -0.25) is 0 Å². The predicted octanol–water partition coefficient (Wildman–Crippen LogP) is 3.30. The Hall–Kier alpha value is -1.29. The summed E-state index contributed by atoms with van der Waals surface area (Å²) in [4.78, 5) is 11.3. The number of carbonyl (C=O) groups excluding carboxylic acids is 1. The highest BCUT2D eigenvalue weighted by molar-refractivity contribution is 5.86. The number of nitrogens with one attached hydrogen (secondary N) is 1. The minimum Gasteiger partial charge on any atom is -0.463 e. The average Bonchev–Trinajstić information content (AvgIpc) is 2.87. The topological polar surface area (TPSA) is 51.5 Å². The van der Waals surface area contributed by atoms with E-state index in [1.807, 2.05) is 13.1 Å². The summed E-state index contributed by atoms with van der Waals surface area (Å²) in [6.07, 6.45) is 5.91. The monoisotopic (exact) mass is 253 g/mol. The molecule has 0 spiro atoms. The molecular weight excluding hydrogens is 230 g/mol. The Morgan fingerprint density at radius 2 is 2.17 bits per heavy atom. The fourth-order valence-electron chi connectivity index (χ4n) is 1.95. The minimum absolute atomic E-state index is 0.167. The van der Waals surface area contributed by atoms with Crippen LogP contribution in [-0.2, 0) is 4.74 Å². The Labute approximate surface area is 109 Å². The number of methoxy groups -OCH3 is 1. The molecule has 0 radical (unpaired) electrons. The fraction of sp³-hybridized carbons (Fsp3) is 0.643. The smallest absolute Gasteiger partial charge is 0.373 e. The van der Waals surface area contributed by atoms with Gasteiger partial charge in [0.05, 0.1) is 13.2 Å². The number of rotatable bonds is 8. The molecule has 1 unspecified atom stereocenters. The van der Waals surface area contributed by atoms with Gasteiger partial charge in [-0.15, -0.1) is 0 Å². The Morgan fingerprint density at radius 3 is 2.78 bits per heavy atom. The number of esters is 1. The van der Waals surface area contributed by atoms with E-state index in [2.05, 4.69) is 17.0 Å². The van der Waals surface area contributed by atoms with Crippen molar-refractivity contribution < 1.29 is 13.9 Å². The van der Waals surface area contributed by atoms with Gasteiger partial charge in [-0.05, 0) is 25.6 Å². The molecule has 1 heterocycles. The molecule has 1 N–H and O–H groups in total. The Morgan fingerprint density at radius 1 is 1.39 bits per heavy atom. The zero-order valence-corrected chi connectivity index (χ0v) is 11.5. The highest BCUT2D eigenvalue weighted by Gasteiger charge is 2.16.